The number of likely N-dealkylation sites (tertiary alicyclic amines) is 2. The lowest BCUT2D eigenvalue weighted by atomic mass is 10.1. The molecule has 2 aliphatic heterocycles. The Hall–Kier alpha value is -2.25. The first-order valence-electron chi connectivity index (χ1n) is 10.3. The van der Waals surface area contributed by atoms with Crippen LogP contribution in [0.5, 0.6) is 0 Å². The molecule has 28 heavy (non-hydrogen) atoms. The fraction of sp³-hybridized carbons (Fsp3) is 0.571. The smallest absolute Gasteiger partial charge is 0.238 e. The van der Waals surface area contributed by atoms with Gasteiger partial charge in [0.15, 0.2) is 0 Å². The molecule has 1 aromatic rings. The third kappa shape index (κ3) is 6.42. The summed E-state index contributed by atoms with van der Waals surface area (Å²) in [6.45, 7) is 4.42. The van der Waals surface area contributed by atoms with Crippen LogP contribution in [0.1, 0.15) is 38.5 Å². The Labute approximate surface area is 166 Å². The molecule has 0 bridgehead atoms. The minimum Gasteiger partial charge on any atom is -0.325 e. The van der Waals surface area contributed by atoms with Crippen molar-refractivity contribution in [3.8, 4) is 0 Å². The molecule has 2 saturated heterocycles. The summed E-state index contributed by atoms with van der Waals surface area (Å²) >= 11 is 0. The van der Waals surface area contributed by atoms with Gasteiger partial charge in [-0.2, -0.15) is 0 Å². The Morgan fingerprint density at radius 2 is 1.21 bits per heavy atom. The van der Waals surface area contributed by atoms with E-state index in [1.807, 2.05) is 0 Å². The average Bonchev–Trinajstić information content (AvgIpc) is 2.85. The summed E-state index contributed by atoms with van der Waals surface area (Å²) in [5.74, 6) is -0.267. The number of nitrogens with zero attached hydrogens (tertiary/aromatic N) is 2. The van der Waals surface area contributed by atoms with Gasteiger partial charge in [-0.25, -0.2) is 0 Å². The monoisotopic (exact) mass is 386 g/mol. The lowest BCUT2D eigenvalue weighted by Gasteiger charge is -2.25. The summed E-state index contributed by atoms with van der Waals surface area (Å²) in [6.07, 6.45) is 6.93. The second-order valence-electron chi connectivity index (χ2n) is 7.67. The van der Waals surface area contributed by atoms with Crippen molar-refractivity contribution in [2.24, 2.45) is 0 Å². The predicted molar refractivity (Wildman–Crippen MR) is 111 cm³/mol. The van der Waals surface area contributed by atoms with Crippen LogP contribution in [0, 0.1) is 0 Å². The number of rotatable bonds is 6. The van der Waals surface area contributed by atoms with Crippen LogP contribution in [0.3, 0.4) is 0 Å². The largest absolute Gasteiger partial charge is 0.325 e. The number of carbonyl (C=O) groups excluding carboxylic acids is 2. The Morgan fingerprint density at radius 1 is 0.714 bits per heavy atom. The van der Waals surface area contributed by atoms with Crippen molar-refractivity contribution in [3.05, 3.63) is 34.5 Å². The summed E-state index contributed by atoms with van der Waals surface area (Å²) in [4.78, 5) is 41.0. The maximum atomic E-state index is 12.3. The van der Waals surface area contributed by atoms with Crippen LogP contribution in [0.15, 0.2) is 29.1 Å². The minimum absolute atomic E-state index is 0.0868. The summed E-state index contributed by atoms with van der Waals surface area (Å²) in [6, 6.07) is 6.18. The number of anilines is 2. The Balaban J connectivity index is 1.55. The standard InChI is InChI=1S/C21H30N4O3/c26-19-10-8-17(22-20(27)15-24-11-3-1-4-12-24)7-9-18(19)23-21(28)16-25-13-5-2-6-14-25/h7-10H,1-6,11-16H2,(H,22,27)(H,23,26,28). The lowest BCUT2D eigenvalue weighted by molar-refractivity contribution is -0.118. The van der Waals surface area contributed by atoms with Gasteiger partial charge in [-0.1, -0.05) is 12.8 Å². The van der Waals surface area contributed by atoms with Crippen LogP contribution >= 0.6 is 0 Å². The van der Waals surface area contributed by atoms with Crippen LogP contribution in [-0.4, -0.2) is 60.9 Å². The Kier molecular flexibility index (Phi) is 7.56. The van der Waals surface area contributed by atoms with Crippen molar-refractivity contribution in [1.29, 1.82) is 0 Å². The molecule has 0 aromatic heterocycles. The topological polar surface area (TPSA) is 81.8 Å². The lowest BCUT2D eigenvalue weighted by Crippen LogP contribution is -2.37. The van der Waals surface area contributed by atoms with E-state index < -0.39 is 0 Å². The van der Waals surface area contributed by atoms with Gasteiger partial charge in [-0.15, -0.1) is 0 Å². The van der Waals surface area contributed by atoms with E-state index in [0.717, 1.165) is 51.9 Å². The maximum absolute atomic E-state index is 12.3. The maximum Gasteiger partial charge on any atom is 0.238 e. The molecule has 2 aliphatic rings. The molecule has 7 nitrogen and oxygen atoms in total. The zero-order valence-corrected chi connectivity index (χ0v) is 16.4. The fourth-order valence-corrected chi connectivity index (χ4v) is 3.78. The van der Waals surface area contributed by atoms with E-state index in [1.165, 1.54) is 18.9 Å². The van der Waals surface area contributed by atoms with Gasteiger partial charge in [0, 0.05) is 5.69 Å². The normalized spacial score (nSPS) is 18.4. The fourth-order valence-electron chi connectivity index (χ4n) is 3.78. The highest BCUT2D eigenvalue weighted by molar-refractivity contribution is 5.93. The van der Waals surface area contributed by atoms with Crippen molar-refractivity contribution in [2.45, 2.75) is 38.5 Å². The van der Waals surface area contributed by atoms with E-state index in [-0.39, 0.29) is 22.9 Å². The van der Waals surface area contributed by atoms with Crippen molar-refractivity contribution >= 4 is 23.2 Å². The highest BCUT2D eigenvalue weighted by atomic mass is 16.2. The number of nitrogens with one attached hydrogen (secondary N) is 2. The average molecular weight is 386 g/mol. The molecule has 7 heteroatoms. The van der Waals surface area contributed by atoms with Crippen LogP contribution in [0.2, 0.25) is 0 Å². The van der Waals surface area contributed by atoms with Gasteiger partial charge < -0.3 is 10.6 Å². The molecular formula is C21H30N4O3. The van der Waals surface area contributed by atoms with Crippen LogP contribution in [-0.2, 0) is 9.59 Å². The molecule has 0 saturated carbocycles. The summed E-state index contributed by atoms with van der Waals surface area (Å²) in [7, 11) is 0. The molecule has 2 fully saturated rings. The van der Waals surface area contributed by atoms with Crippen molar-refractivity contribution in [3.63, 3.8) is 0 Å². The van der Waals surface area contributed by atoms with Gasteiger partial charge in [0.1, 0.15) is 0 Å². The molecule has 2 amide bonds. The van der Waals surface area contributed by atoms with E-state index in [2.05, 4.69) is 20.4 Å². The van der Waals surface area contributed by atoms with Gasteiger partial charge in [0.25, 0.3) is 0 Å². The van der Waals surface area contributed by atoms with Gasteiger partial charge >= 0.3 is 0 Å². The summed E-state index contributed by atoms with van der Waals surface area (Å²) in [5, 5.41) is 5.55. The Morgan fingerprint density at radius 3 is 1.79 bits per heavy atom. The van der Waals surface area contributed by atoms with Gasteiger partial charge in [0.05, 0.1) is 18.8 Å². The predicted octanol–water partition coefficient (Wildman–Crippen LogP) is 1.90. The van der Waals surface area contributed by atoms with Crippen LogP contribution in [0.25, 0.3) is 0 Å². The summed E-state index contributed by atoms with van der Waals surface area (Å²) < 4.78 is 0. The quantitative estimate of drug-likeness (QED) is 0.780. The summed E-state index contributed by atoms with van der Waals surface area (Å²) in [5.41, 5.74) is 0.512. The molecule has 152 valence electrons. The van der Waals surface area contributed by atoms with Gasteiger partial charge in [0.2, 0.25) is 17.2 Å². The molecular weight excluding hydrogens is 356 g/mol. The number of piperidine rings is 2. The molecule has 3 rings (SSSR count). The van der Waals surface area contributed by atoms with Crippen molar-refractivity contribution in [1.82, 2.24) is 9.80 Å². The molecule has 0 aliphatic carbocycles. The first kappa shape index (κ1) is 20.5. The molecule has 2 N–H and O–H groups in total. The minimum atomic E-state index is -0.275. The highest BCUT2D eigenvalue weighted by Crippen LogP contribution is 2.11. The second kappa shape index (κ2) is 10.3. The van der Waals surface area contributed by atoms with Crippen molar-refractivity contribution < 1.29 is 9.59 Å². The third-order valence-electron chi connectivity index (χ3n) is 5.30. The first-order valence-corrected chi connectivity index (χ1v) is 10.3. The van der Waals surface area contributed by atoms with E-state index in [0.29, 0.717) is 18.8 Å². The highest BCUT2D eigenvalue weighted by Gasteiger charge is 2.15. The number of hydrogen-bond acceptors (Lipinski definition) is 5. The van der Waals surface area contributed by atoms with E-state index >= 15 is 0 Å². The molecule has 0 spiro atoms. The molecule has 2 heterocycles. The van der Waals surface area contributed by atoms with Crippen LogP contribution < -0.4 is 16.1 Å². The van der Waals surface area contributed by atoms with Gasteiger partial charge in [-0.05, 0) is 76.1 Å². The SMILES string of the molecule is O=C(CN1CCCCC1)Nc1ccc(NC(=O)CN2CCCCC2)c(=O)cc1. The third-order valence-corrected chi connectivity index (χ3v) is 5.30. The van der Waals surface area contributed by atoms with E-state index in [4.69, 9.17) is 0 Å². The Bertz CT molecular complexity index is 741. The second-order valence-corrected chi connectivity index (χ2v) is 7.67. The van der Waals surface area contributed by atoms with Crippen molar-refractivity contribution in [2.75, 3.05) is 49.9 Å². The molecule has 1 aromatic carbocycles. The number of carbonyl (C=O) groups is 2. The van der Waals surface area contributed by atoms with E-state index in [1.54, 1.807) is 18.2 Å². The van der Waals surface area contributed by atoms with Crippen LogP contribution in [0.4, 0.5) is 11.4 Å². The van der Waals surface area contributed by atoms with E-state index in [9.17, 15) is 14.4 Å². The number of hydrogen-bond donors (Lipinski definition) is 2. The zero-order chi connectivity index (χ0) is 19.8. The molecule has 0 unspecified atom stereocenters. The van der Waals surface area contributed by atoms with Gasteiger partial charge in [-0.3, -0.25) is 24.2 Å². The molecule has 0 radical (unpaired) electrons. The molecule has 0 atom stereocenters. The number of amides is 2. The first-order chi connectivity index (χ1) is 13.6. The zero-order valence-electron chi connectivity index (χ0n) is 16.4.